The average Bonchev–Trinajstić information content (AvgIpc) is 2.26. The Kier molecular flexibility index (Phi) is 2.85. The molecular weight excluding hydrogens is 186 g/mol. The third kappa shape index (κ3) is 2.09. The molecule has 0 saturated heterocycles. The van der Waals surface area contributed by atoms with E-state index in [-0.39, 0.29) is 0 Å². The van der Waals surface area contributed by atoms with E-state index in [9.17, 15) is 5.11 Å². The maximum Gasteiger partial charge on any atom is 0.120 e. The van der Waals surface area contributed by atoms with E-state index in [0.717, 1.165) is 11.3 Å². The van der Waals surface area contributed by atoms with E-state index < -0.39 is 0 Å². The maximum atomic E-state index is 9.73. The lowest BCUT2D eigenvalue weighted by molar-refractivity contribution is 0.437. The number of nitrogens with two attached hydrogens (primary N) is 1. The van der Waals surface area contributed by atoms with Crippen LogP contribution in [0.2, 0.25) is 0 Å². The van der Waals surface area contributed by atoms with Crippen molar-refractivity contribution in [1.29, 1.82) is 0 Å². The van der Waals surface area contributed by atoms with Gasteiger partial charge in [-0.3, -0.25) is 0 Å². The molecule has 3 N–H and O–H groups in total. The zero-order chi connectivity index (χ0) is 10.8. The summed E-state index contributed by atoms with van der Waals surface area (Å²) < 4.78 is 0. The maximum absolute atomic E-state index is 9.73. The first-order valence-electron chi connectivity index (χ1n) is 5.77. The molecular formula is C13H19NO. The van der Waals surface area contributed by atoms with E-state index >= 15 is 0 Å². The second kappa shape index (κ2) is 4.13. The smallest absolute Gasteiger partial charge is 0.120 e. The molecule has 1 saturated carbocycles. The lowest BCUT2D eigenvalue weighted by Crippen LogP contribution is -2.05. The number of benzene rings is 1. The normalized spacial score (nSPS) is 17.9. The molecule has 1 aromatic carbocycles. The fourth-order valence-electron chi connectivity index (χ4n) is 2.42. The van der Waals surface area contributed by atoms with Gasteiger partial charge in [0.15, 0.2) is 0 Å². The van der Waals surface area contributed by atoms with Crippen LogP contribution in [0.25, 0.3) is 0 Å². The second-order valence-electron chi connectivity index (χ2n) is 4.59. The van der Waals surface area contributed by atoms with Gasteiger partial charge >= 0.3 is 0 Å². The lowest BCUT2D eigenvalue weighted by Gasteiger charge is -2.22. The lowest BCUT2D eigenvalue weighted by atomic mass is 9.83. The van der Waals surface area contributed by atoms with Gasteiger partial charge in [-0.2, -0.15) is 0 Å². The minimum absolute atomic E-state index is 0.343. The molecule has 0 spiro atoms. The Morgan fingerprint density at radius 3 is 2.47 bits per heavy atom. The molecule has 1 fully saturated rings. The first kappa shape index (κ1) is 10.3. The molecule has 2 nitrogen and oxygen atoms in total. The largest absolute Gasteiger partial charge is 0.508 e. The molecule has 82 valence electrons. The molecule has 0 atom stereocenters. The summed E-state index contributed by atoms with van der Waals surface area (Å²) in [6.45, 7) is 1.86. The Bertz CT molecular complexity index is 331. The summed E-state index contributed by atoms with van der Waals surface area (Å²) in [5.41, 5.74) is 8.60. The van der Waals surface area contributed by atoms with Crippen molar-refractivity contribution in [2.45, 2.75) is 44.9 Å². The van der Waals surface area contributed by atoms with Gasteiger partial charge in [-0.15, -0.1) is 0 Å². The van der Waals surface area contributed by atoms with Crippen LogP contribution in [0.15, 0.2) is 12.1 Å². The molecule has 0 aliphatic heterocycles. The van der Waals surface area contributed by atoms with E-state index in [4.69, 9.17) is 5.73 Å². The van der Waals surface area contributed by atoms with E-state index in [1.165, 1.54) is 37.7 Å². The van der Waals surface area contributed by atoms with Crippen molar-refractivity contribution in [2.24, 2.45) is 0 Å². The molecule has 0 bridgehead atoms. The highest BCUT2D eigenvalue weighted by Crippen LogP contribution is 2.36. The Morgan fingerprint density at radius 1 is 1.20 bits per heavy atom. The zero-order valence-electron chi connectivity index (χ0n) is 9.29. The molecule has 1 aromatic rings. The van der Waals surface area contributed by atoms with Crippen LogP contribution in [0.3, 0.4) is 0 Å². The molecule has 1 aliphatic rings. The predicted molar refractivity (Wildman–Crippen MR) is 63.1 cm³/mol. The van der Waals surface area contributed by atoms with Gasteiger partial charge in [0.1, 0.15) is 5.75 Å². The molecule has 0 amide bonds. The molecule has 0 unspecified atom stereocenters. The quantitative estimate of drug-likeness (QED) is 0.691. The third-order valence-electron chi connectivity index (χ3n) is 3.52. The summed E-state index contributed by atoms with van der Waals surface area (Å²) >= 11 is 0. The highest BCUT2D eigenvalue weighted by atomic mass is 16.3. The van der Waals surface area contributed by atoms with Crippen molar-refractivity contribution in [3.05, 3.63) is 23.3 Å². The number of phenols is 1. The number of rotatable bonds is 1. The van der Waals surface area contributed by atoms with E-state index in [2.05, 4.69) is 0 Å². The Balaban J connectivity index is 2.27. The second-order valence-corrected chi connectivity index (χ2v) is 4.59. The van der Waals surface area contributed by atoms with Crippen LogP contribution in [0, 0.1) is 6.92 Å². The third-order valence-corrected chi connectivity index (χ3v) is 3.52. The predicted octanol–water partition coefficient (Wildman–Crippen LogP) is 3.33. The Hall–Kier alpha value is -1.18. The van der Waals surface area contributed by atoms with Gasteiger partial charge in [0.25, 0.3) is 0 Å². The minimum atomic E-state index is 0.343. The van der Waals surface area contributed by atoms with Gasteiger partial charge in [-0.05, 0) is 43.4 Å². The van der Waals surface area contributed by atoms with Crippen molar-refractivity contribution in [3.8, 4) is 5.75 Å². The van der Waals surface area contributed by atoms with Crippen LogP contribution >= 0.6 is 0 Å². The fourth-order valence-corrected chi connectivity index (χ4v) is 2.42. The Morgan fingerprint density at radius 2 is 1.87 bits per heavy atom. The first-order valence-corrected chi connectivity index (χ1v) is 5.77. The van der Waals surface area contributed by atoms with Crippen LogP contribution in [0.5, 0.6) is 5.75 Å². The monoisotopic (exact) mass is 205 g/mol. The van der Waals surface area contributed by atoms with Gasteiger partial charge in [0.2, 0.25) is 0 Å². The molecule has 2 rings (SSSR count). The summed E-state index contributed by atoms with van der Waals surface area (Å²) in [7, 11) is 0. The van der Waals surface area contributed by atoms with Crippen molar-refractivity contribution in [3.63, 3.8) is 0 Å². The van der Waals surface area contributed by atoms with Crippen molar-refractivity contribution in [2.75, 3.05) is 5.73 Å². The van der Waals surface area contributed by atoms with Crippen LogP contribution in [-0.2, 0) is 0 Å². The van der Waals surface area contributed by atoms with E-state index in [1.807, 2.05) is 19.1 Å². The molecule has 0 radical (unpaired) electrons. The molecule has 0 aromatic heterocycles. The van der Waals surface area contributed by atoms with Crippen LogP contribution < -0.4 is 5.73 Å². The SMILES string of the molecule is Cc1c(N)cc(C2CCCCC2)cc1O. The summed E-state index contributed by atoms with van der Waals surface area (Å²) in [4.78, 5) is 0. The topological polar surface area (TPSA) is 46.2 Å². The number of aromatic hydroxyl groups is 1. The summed E-state index contributed by atoms with van der Waals surface area (Å²) in [5, 5.41) is 9.73. The van der Waals surface area contributed by atoms with Crippen LogP contribution in [0.1, 0.15) is 49.1 Å². The van der Waals surface area contributed by atoms with Crippen molar-refractivity contribution < 1.29 is 5.11 Å². The van der Waals surface area contributed by atoms with Gasteiger partial charge in [0, 0.05) is 11.3 Å². The van der Waals surface area contributed by atoms with E-state index in [1.54, 1.807) is 0 Å². The summed E-state index contributed by atoms with van der Waals surface area (Å²) in [5.74, 6) is 0.947. The highest BCUT2D eigenvalue weighted by Gasteiger charge is 2.17. The van der Waals surface area contributed by atoms with Crippen LogP contribution in [-0.4, -0.2) is 5.11 Å². The van der Waals surface area contributed by atoms with Gasteiger partial charge in [-0.1, -0.05) is 19.3 Å². The summed E-state index contributed by atoms with van der Waals surface area (Å²) in [6, 6.07) is 3.92. The highest BCUT2D eigenvalue weighted by molar-refractivity contribution is 5.56. The number of hydrogen-bond acceptors (Lipinski definition) is 2. The number of phenolic OH excluding ortho intramolecular Hbond substituents is 1. The van der Waals surface area contributed by atoms with Gasteiger partial charge in [0.05, 0.1) is 0 Å². The average molecular weight is 205 g/mol. The zero-order valence-corrected chi connectivity index (χ0v) is 9.29. The standard InChI is InChI=1S/C13H19NO/c1-9-12(14)7-11(8-13(9)15)10-5-3-2-4-6-10/h7-8,10,15H,2-6,14H2,1H3. The number of nitrogen functional groups attached to an aromatic ring is 1. The number of hydrogen-bond donors (Lipinski definition) is 2. The first-order chi connectivity index (χ1) is 7.18. The van der Waals surface area contributed by atoms with Crippen LogP contribution in [0.4, 0.5) is 5.69 Å². The molecule has 0 heterocycles. The Labute approximate surface area is 91.1 Å². The minimum Gasteiger partial charge on any atom is -0.508 e. The van der Waals surface area contributed by atoms with Crippen molar-refractivity contribution in [1.82, 2.24) is 0 Å². The van der Waals surface area contributed by atoms with E-state index in [0.29, 0.717) is 11.7 Å². The fraction of sp³-hybridized carbons (Fsp3) is 0.538. The summed E-state index contributed by atoms with van der Waals surface area (Å²) in [6.07, 6.45) is 6.44. The molecule has 15 heavy (non-hydrogen) atoms. The number of anilines is 1. The van der Waals surface area contributed by atoms with Crippen molar-refractivity contribution >= 4 is 5.69 Å². The van der Waals surface area contributed by atoms with Gasteiger partial charge < -0.3 is 10.8 Å². The molecule has 2 heteroatoms. The molecule has 1 aliphatic carbocycles. The van der Waals surface area contributed by atoms with Gasteiger partial charge in [-0.25, -0.2) is 0 Å².